The Kier molecular flexibility index (Phi) is 6.82. The fraction of sp³-hybridized carbons (Fsp3) is 0.476. The molecule has 2 aromatic rings. The van der Waals surface area contributed by atoms with E-state index in [9.17, 15) is 14.7 Å². The van der Waals surface area contributed by atoms with Crippen molar-refractivity contribution >= 4 is 33.6 Å². The van der Waals surface area contributed by atoms with Crippen LogP contribution in [0.3, 0.4) is 0 Å². The van der Waals surface area contributed by atoms with E-state index < -0.39 is 6.35 Å². The van der Waals surface area contributed by atoms with Crippen LogP contribution in [-0.4, -0.2) is 58.5 Å². The van der Waals surface area contributed by atoms with Gasteiger partial charge < -0.3 is 19.3 Å². The molecule has 0 radical (unpaired) electrons. The predicted octanol–water partition coefficient (Wildman–Crippen LogP) is 2.94. The van der Waals surface area contributed by atoms with E-state index in [0.29, 0.717) is 36.9 Å². The van der Waals surface area contributed by atoms with Gasteiger partial charge in [-0.3, -0.25) is 14.5 Å². The van der Waals surface area contributed by atoms with Crippen molar-refractivity contribution in [2.75, 3.05) is 25.6 Å². The molecule has 2 unspecified atom stereocenters. The number of benzene rings is 1. The van der Waals surface area contributed by atoms with E-state index in [1.165, 1.54) is 4.90 Å². The van der Waals surface area contributed by atoms with Crippen LogP contribution < -0.4 is 4.90 Å². The highest BCUT2D eigenvalue weighted by atomic mass is 79.9. The number of anilines is 1. The van der Waals surface area contributed by atoms with Gasteiger partial charge in [-0.05, 0) is 31.0 Å². The molecule has 0 aliphatic carbocycles. The van der Waals surface area contributed by atoms with E-state index in [-0.39, 0.29) is 24.2 Å². The normalized spacial score (nSPS) is 17.1. The van der Waals surface area contributed by atoms with Gasteiger partial charge in [0.1, 0.15) is 5.82 Å². The minimum absolute atomic E-state index is 0.0872. The molecule has 0 bridgehead atoms. The lowest BCUT2D eigenvalue weighted by Gasteiger charge is -2.36. The molecule has 2 atom stereocenters. The number of amides is 1. The summed E-state index contributed by atoms with van der Waals surface area (Å²) in [5.74, 6) is 0.519. The van der Waals surface area contributed by atoms with Crippen LogP contribution in [0.25, 0.3) is 0 Å². The quantitative estimate of drug-likeness (QED) is 0.615. The fourth-order valence-electron chi connectivity index (χ4n) is 3.61. The van der Waals surface area contributed by atoms with Crippen LogP contribution in [-0.2, 0) is 16.1 Å². The Bertz CT molecular complexity index is 945. The first-order chi connectivity index (χ1) is 14.2. The highest BCUT2D eigenvalue weighted by Crippen LogP contribution is 2.33. The highest BCUT2D eigenvalue weighted by Gasteiger charge is 2.38. The van der Waals surface area contributed by atoms with E-state index in [1.54, 1.807) is 25.9 Å². The number of fused-ring (bicyclic) bond motifs is 1. The monoisotopic (exact) mass is 478 g/mol. The van der Waals surface area contributed by atoms with E-state index in [0.717, 1.165) is 10.0 Å². The van der Waals surface area contributed by atoms with Crippen molar-refractivity contribution in [3.05, 3.63) is 45.8 Å². The van der Waals surface area contributed by atoms with Gasteiger partial charge in [-0.1, -0.05) is 35.0 Å². The molecular formula is C21H27BrN4O4. The van der Waals surface area contributed by atoms with Crippen molar-refractivity contribution in [3.8, 4) is 0 Å². The maximum atomic E-state index is 13.0. The number of aliphatic hydroxyl groups excluding tert-OH is 1. The Morgan fingerprint density at radius 1 is 1.33 bits per heavy atom. The fourth-order valence-corrected chi connectivity index (χ4v) is 4.05. The molecule has 9 heteroatoms. The number of carbonyl (C=O) groups excluding carboxylic acids is 2. The molecule has 30 heavy (non-hydrogen) atoms. The summed E-state index contributed by atoms with van der Waals surface area (Å²) >= 11 is 3.49. The SMILES string of the molecule is CCOC(=O)CCC(C)c1nc2c(n1Cc1cccc(Br)c1)C(=O)N(C)C(O)N2C. The number of ether oxygens (including phenoxy) is 1. The molecule has 1 aromatic carbocycles. The van der Waals surface area contributed by atoms with Gasteiger partial charge in [0.25, 0.3) is 5.91 Å². The summed E-state index contributed by atoms with van der Waals surface area (Å²) < 4.78 is 7.88. The van der Waals surface area contributed by atoms with Crippen molar-refractivity contribution in [1.82, 2.24) is 14.5 Å². The number of imidazole rings is 1. The number of rotatable bonds is 7. The topological polar surface area (TPSA) is 87.9 Å². The van der Waals surface area contributed by atoms with Crippen molar-refractivity contribution in [3.63, 3.8) is 0 Å². The zero-order valence-corrected chi connectivity index (χ0v) is 19.2. The van der Waals surface area contributed by atoms with E-state index in [2.05, 4.69) is 15.9 Å². The Balaban J connectivity index is 2.02. The van der Waals surface area contributed by atoms with E-state index in [4.69, 9.17) is 9.72 Å². The number of halogens is 1. The third kappa shape index (κ3) is 4.37. The smallest absolute Gasteiger partial charge is 0.305 e. The number of hydrogen-bond donors (Lipinski definition) is 1. The first-order valence-electron chi connectivity index (χ1n) is 9.93. The molecule has 162 valence electrons. The minimum Gasteiger partial charge on any atom is -0.466 e. The van der Waals surface area contributed by atoms with Gasteiger partial charge in [0, 0.05) is 37.5 Å². The van der Waals surface area contributed by atoms with Gasteiger partial charge in [0.2, 0.25) is 6.35 Å². The Hall–Kier alpha value is -2.39. The van der Waals surface area contributed by atoms with Gasteiger partial charge >= 0.3 is 5.97 Å². The Labute approximate surface area is 184 Å². The molecule has 8 nitrogen and oxygen atoms in total. The number of aliphatic hydroxyl groups is 1. The van der Waals surface area contributed by atoms with Gasteiger partial charge in [0.05, 0.1) is 6.61 Å². The van der Waals surface area contributed by atoms with Crippen LogP contribution in [0.2, 0.25) is 0 Å². The standard InChI is InChI=1S/C21H27BrN4O4/c1-5-30-16(27)10-9-13(2)18-23-19-17(20(28)25(4)21(29)24(19)3)26(18)12-14-7-6-8-15(22)11-14/h6-8,11,13,21,29H,5,9-10,12H2,1-4H3. The molecule has 0 spiro atoms. The van der Waals surface area contributed by atoms with E-state index >= 15 is 0 Å². The van der Waals surface area contributed by atoms with E-state index in [1.807, 2.05) is 35.8 Å². The van der Waals surface area contributed by atoms with Crippen molar-refractivity contribution in [2.24, 2.45) is 0 Å². The van der Waals surface area contributed by atoms with Crippen LogP contribution in [0.1, 0.15) is 54.5 Å². The summed E-state index contributed by atoms with van der Waals surface area (Å²) in [6.07, 6.45) is -0.263. The molecule has 3 rings (SSSR count). The van der Waals surface area contributed by atoms with Gasteiger partial charge in [0.15, 0.2) is 11.5 Å². The first kappa shape index (κ1) is 22.3. The van der Waals surface area contributed by atoms with Crippen LogP contribution in [0.5, 0.6) is 0 Å². The summed E-state index contributed by atoms with van der Waals surface area (Å²) in [5.41, 5.74) is 1.44. The molecule has 0 fully saturated rings. The van der Waals surface area contributed by atoms with Crippen LogP contribution >= 0.6 is 15.9 Å². The lowest BCUT2D eigenvalue weighted by molar-refractivity contribution is -0.143. The van der Waals surface area contributed by atoms with Crippen molar-refractivity contribution in [1.29, 1.82) is 0 Å². The van der Waals surface area contributed by atoms with Gasteiger partial charge in [-0.15, -0.1) is 0 Å². The molecule has 0 saturated carbocycles. The second-order valence-corrected chi connectivity index (χ2v) is 8.39. The maximum Gasteiger partial charge on any atom is 0.305 e. The first-order valence-corrected chi connectivity index (χ1v) is 10.7. The number of hydrogen-bond acceptors (Lipinski definition) is 6. The van der Waals surface area contributed by atoms with Crippen LogP contribution in [0.4, 0.5) is 5.82 Å². The number of esters is 1. The Morgan fingerprint density at radius 3 is 2.73 bits per heavy atom. The number of carbonyl (C=O) groups is 2. The van der Waals surface area contributed by atoms with Crippen molar-refractivity contribution in [2.45, 2.75) is 45.5 Å². The zero-order valence-electron chi connectivity index (χ0n) is 17.6. The molecule has 1 N–H and O–H groups in total. The summed E-state index contributed by atoms with van der Waals surface area (Å²) in [5, 5.41) is 10.4. The van der Waals surface area contributed by atoms with Crippen LogP contribution in [0, 0.1) is 0 Å². The molecular weight excluding hydrogens is 452 g/mol. The van der Waals surface area contributed by atoms with Gasteiger partial charge in [-0.2, -0.15) is 0 Å². The summed E-state index contributed by atoms with van der Waals surface area (Å²) in [4.78, 5) is 32.4. The third-order valence-corrected chi connectivity index (χ3v) is 5.78. The number of aromatic nitrogens is 2. The predicted molar refractivity (Wildman–Crippen MR) is 116 cm³/mol. The molecule has 1 aliphatic heterocycles. The minimum atomic E-state index is -1.08. The summed E-state index contributed by atoms with van der Waals surface area (Å²) in [6.45, 7) is 4.56. The van der Waals surface area contributed by atoms with Crippen LogP contribution in [0.15, 0.2) is 28.7 Å². The maximum absolute atomic E-state index is 13.0. The Morgan fingerprint density at radius 2 is 2.07 bits per heavy atom. The molecule has 1 aliphatic rings. The second kappa shape index (κ2) is 9.18. The molecule has 2 heterocycles. The van der Waals surface area contributed by atoms with Crippen molar-refractivity contribution < 1.29 is 19.4 Å². The van der Waals surface area contributed by atoms with Gasteiger partial charge in [-0.25, -0.2) is 4.98 Å². The summed E-state index contributed by atoms with van der Waals surface area (Å²) in [7, 11) is 3.27. The lowest BCUT2D eigenvalue weighted by Crippen LogP contribution is -2.52. The lowest BCUT2D eigenvalue weighted by atomic mass is 10.0. The average molecular weight is 479 g/mol. The molecule has 0 saturated heterocycles. The number of nitrogens with zero attached hydrogens (tertiary/aromatic N) is 4. The third-order valence-electron chi connectivity index (χ3n) is 5.29. The summed E-state index contributed by atoms with van der Waals surface area (Å²) in [6, 6.07) is 7.87. The molecule has 1 amide bonds. The second-order valence-electron chi connectivity index (χ2n) is 7.48. The highest BCUT2D eigenvalue weighted by molar-refractivity contribution is 9.10. The molecule has 1 aromatic heterocycles. The zero-order chi connectivity index (χ0) is 22.0. The average Bonchev–Trinajstić information content (AvgIpc) is 3.08. The largest absolute Gasteiger partial charge is 0.466 e.